The molecule has 3 N–H and O–H groups in total. The molecule has 108 valence electrons. The molecule has 0 atom stereocenters. The molecule has 0 saturated heterocycles. The van der Waals surface area contributed by atoms with Gasteiger partial charge in [0.2, 0.25) is 0 Å². The van der Waals surface area contributed by atoms with Crippen LogP contribution in [0.25, 0.3) is 0 Å². The highest BCUT2D eigenvalue weighted by molar-refractivity contribution is 6.07. The summed E-state index contributed by atoms with van der Waals surface area (Å²) >= 11 is 0. The number of aryl methyl sites for hydroxylation is 1. The van der Waals surface area contributed by atoms with Crippen LogP contribution in [-0.2, 0) is 0 Å². The zero-order valence-corrected chi connectivity index (χ0v) is 11.1. The second-order valence-electron chi connectivity index (χ2n) is 4.44. The summed E-state index contributed by atoms with van der Waals surface area (Å²) in [5.74, 6) is -1.23. The molecule has 6 nitrogen and oxygen atoms in total. The Morgan fingerprint density at radius 3 is 2.67 bits per heavy atom. The van der Waals surface area contributed by atoms with E-state index in [1.54, 1.807) is 6.92 Å². The molecule has 7 heteroatoms. The van der Waals surface area contributed by atoms with E-state index in [0.29, 0.717) is 5.56 Å². The summed E-state index contributed by atoms with van der Waals surface area (Å²) in [6, 6.07) is 7.71. The number of hydrogen-bond acceptors (Lipinski definition) is 4. The molecule has 0 unspecified atom stereocenters. The number of amides is 1. The van der Waals surface area contributed by atoms with Gasteiger partial charge in [0, 0.05) is 23.0 Å². The van der Waals surface area contributed by atoms with Gasteiger partial charge in [0.05, 0.1) is 10.5 Å². The number of nitrogens with zero attached hydrogens (tertiary/aromatic N) is 1. The largest absolute Gasteiger partial charge is 0.398 e. The van der Waals surface area contributed by atoms with Gasteiger partial charge in [-0.05, 0) is 31.2 Å². The van der Waals surface area contributed by atoms with Crippen LogP contribution in [0.5, 0.6) is 0 Å². The zero-order chi connectivity index (χ0) is 15.6. The summed E-state index contributed by atoms with van der Waals surface area (Å²) in [4.78, 5) is 22.3. The standard InChI is InChI=1S/C14H12FN3O3/c1-8-2-4-10(7-13(8)18(20)21)17-14(19)11-6-9(15)3-5-12(11)16/h2-7H,16H2,1H3,(H,17,19). The van der Waals surface area contributed by atoms with E-state index >= 15 is 0 Å². The Kier molecular flexibility index (Phi) is 3.84. The highest BCUT2D eigenvalue weighted by Crippen LogP contribution is 2.23. The van der Waals surface area contributed by atoms with Gasteiger partial charge in [-0.1, -0.05) is 6.07 Å². The first-order chi connectivity index (χ1) is 9.88. The van der Waals surface area contributed by atoms with Crippen molar-refractivity contribution in [2.24, 2.45) is 0 Å². The van der Waals surface area contributed by atoms with Crippen LogP contribution in [0.1, 0.15) is 15.9 Å². The molecule has 0 aromatic heterocycles. The van der Waals surface area contributed by atoms with Gasteiger partial charge in [-0.15, -0.1) is 0 Å². The summed E-state index contributed by atoms with van der Waals surface area (Å²) in [5, 5.41) is 13.3. The monoisotopic (exact) mass is 289 g/mol. The number of carbonyl (C=O) groups is 1. The Balaban J connectivity index is 2.29. The number of benzene rings is 2. The minimum absolute atomic E-state index is 0.0294. The minimum Gasteiger partial charge on any atom is -0.398 e. The van der Waals surface area contributed by atoms with E-state index in [4.69, 9.17) is 5.73 Å². The quantitative estimate of drug-likeness (QED) is 0.515. The number of anilines is 2. The van der Waals surface area contributed by atoms with Crippen LogP contribution in [-0.4, -0.2) is 10.8 Å². The van der Waals surface area contributed by atoms with E-state index in [2.05, 4.69) is 5.32 Å². The Morgan fingerprint density at radius 1 is 1.29 bits per heavy atom. The smallest absolute Gasteiger partial charge is 0.274 e. The summed E-state index contributed by atoms with van der Waals surface area (Å²) in [7, 11) is 0. The Bertz CT molecular complexity index is 731. The molecule has 0 aliphatic carbocycles. The van der Waals surface area contributed by atoms with E-state index in [-0.39, 0.29) is 22.6 Å². The van der Waals surface area contributed by atoms with Crippen molar-refractivity contribution in [3.8, 4) is 0 Å². The van der Waals surface area contributed by atoms with Crippen molar-refractivity contribution < 1.29 is 14.1 Å². The second-order valence-corrected chi connectivity index (χ2v) is 4.44. The van der Waals surface area contributed by atoms with E-state index in [1.165, 1.54) is 24.3 Å². The lowest BCUT2D eigenvalue weighted by atomic mass is 10.1. The zero-order valence-electron chi connectivity index (χ0n) is 11.1. The van der Waals surface area contributed by atoms with Crippen molar-refractivity contribution in [3.63, 3.8) is 0 Å². The van der Waals surface area contributed by atoms with E-state index in [0.717, 1.165) is 12.1 Å². The van der Waals surface area contributed by atoms with Crippen LogP contribution in [0.4, 0.5) is 21.5 Å². The molecular formula is C14H12FN3O3. The maximum Gasteiger partial charge on any atom is 0.274 e. The fourth-order valence-electron chi connectivity index (χ4n) is 1.81. The molecule has 2 rings (SSSR count). The molecule has 0 aliphatic heterocycles. The molecular weight excluding hydrogens is 277 g/mol. The van der Waals surface area contributed by atoms with Crippen LogP contribution in [0.2, 0.25) is 0 Å². The maximum atomic E-state index is 13.1. The number of nitrogen functional groups attached to an aromatic ring is 1. The topological polar surface area (TPSA) is 98.3 Å². The van der Waals surface area contributed by atoms with Gasteiger partial charge in [0.1, 0.15) is 5.82 Å². The summed E-state index contributed by atoms with van der Waals surface area (Å²) in [6.07, 6.45) is 0. The SMILES string of the molecule is Cc1ccc(NC(=O)c2cc(F)ccc2N)cc1[N+](=O)[O-]. The van der Waals surface area contributed by atoms with Crippen LogP contribution in [0.3, 0.4) is 0 Å². The third kappa shape index (κ3) is 3.14. The van der Waals surface area contributed by atoms with E-state index in [9.17, 15) is 19.3 Å². The van der Waals surface area contributed by atoms with Crippen molar-refractivity contribution >= 4 is 23.0 Å². The molecule has 0 fully saturated rings. The van der Waals surface area contributed by atoms with Crippen molar-refractivity contribution in [1.82, 2.24) is 0 Å². The van der Waals surface area contributed by atoms with Crippen molar-refractivity contribution in [2.45, 2.75) is 6.92 Å². The molecule has 0 aliphatic rings. The molecule has 2 aromatic rings. The van der Waals surface area contributed by atoms with E-state index in [1.807, 2.05) is 0 Å². The maximum absolute atomic E-state index is 13.1. The second kappa shape index (κ2) is 5.58. The molecule has 0 bridgehead atoms. The lowest BCUT2D eigenvalue weighted by Crippen LogP contribution is -2.14. The third-order valence-corrected chi connectivity index (χ3v) is 2.92. The molecule has 2 aromatic carbocycles. The number of nitrogens with one attached hydrogen (secondary N) is 1. The number of rotatable bonds is 3. The van der Waals surface area contributed by atoms with Crippen LogP contribution in [0.15, 0.2) is 36.4 Å². The Labute approximate surface area is 119 Å². The predicted molar refractivity (Wildman–Crippen MR) is 76.6 cm³/mol. The lowest BCUT2D eigenvalue weighted by molar-refractivity contribution is -0.385. The van der Waals surface area contributed by atoms with Crippen molar-refractivity contribution in [2.75, 3.05) is 11.1 Å². The summed E-state index contributed by atoms with van der Waals surface area (Å²) in [6.45, 7) is 1.59. The van der Waals surface area contributed by atoms with Gasteiger partial charge in [0.25, 0.3) is 11.6 Å². The highest BCUT2D eigenvalue weighted by atomic mass is 19.1. The number of nitrogens with two attached hydrogens (primary N) is 1. The van der Waals surface area contributed by atoms with Gasteiger partial charge in [-0.3, -0.25) is 14.9 Å². The fourth-order valence-corrected chi connectivity index (χ4v) is 1.81. The predicted octanol–water partition coefficient (Wildman–Crippen LogP) is 2.88. The van der Waals surface area contributed by atoms with Crippen LogP contribution < -0.4 is 11.1 Å². The number of halogens is 1. The molecule has 0 saturated carbocycles. The number of carbonyl (C=O) groups excluding carboxylic acids is 1. The van der Waals surface area contributed by atoms with Gasteiger partial charge < -0.3 is 11.1 Å². The number of hydrogen-bond donors (Lipinski definition) is 2. The van der Waals surface area contributed by atoms with Gasteiger partial charge >= 0.3 is 0 Å². The highest BCUT2D eigenvalue weighted by Gasteiger charge is 2.15. The minimum atomic E-state index is -0.634. The van der Waals surface area contributed by atoms with Gasteiger partial charge in [0.15, 0.2) is 0 Å². The Morgan fingerprint density at radius 2 is 2.00 bits per heavy atom. The average Bonchev–Trinajstić information content (AvgIpc) is 2.43. The average molecular weight is 289 g/mol. The summed E-state index contributed by atoms with van der Waals surface area (Å²) in [5.41, 5.74) is 6.30. The van der Waals surface area contributed by atoms with Crippen molar-refractivity contribution in [1.29, 1.82) is 0 Å². The lowest BCUT2D eigenvalue weighted by Gasteiger charge is -2.08. The Hall–Kier alpha value is -2.96. The number of nitro benzene ring substituents is 1. The number of nitro groups is 1. The summed E-state index contributed by atoms with van der Waals surface area (Å²) < 4.78 is 13.1. The van der Waals surface area contributed by atoms with Gasteiger partial charge in [-0.25, -0.2) is 4.39 Å². The first kappa shape index (κ1) is 14.4. The molecule has 0 heterocycles. The fraction of sp³-hybridized carbons (Fsp3) is 0.0714. The molecule has 1 amide bonds. The third-order valence-electron chi connectivity index (χ3n) is 2.92. The molecule has 0 spiro atoms. The molecule has 0 radical (unpaired) electrons. The normalized spacial score (nSPS) is 10.2. The first-order valence-electron chi connectivity index (χ1n) is 6.00. The van der Waals surface area contributed by atoms with Crippen LogP contribution in [0, 0.1) is 22.9 Å². The first-order valence-corrected chi connectivity index (χ1v) is 6.00. The van der Waals surface area contributed by atoms with Crippen LogP contribution >= 0.6 is 0 Å². The van der Waals surface area contributed by atoms with E-state index < -0.39 is 16.6 Å². The molecule has 21 heavy (non-hydrogen) atoms. The van der Waals surface area contributed by atoms with Crippen molar-refractivity contribution in [3.05, 3.63) is 63.5 Å². The van der Waals surface area contributed by atoms with Gasteiger partial charge in [-0.2, -0.15) is 0 Å².